The quantitative estimate of drug-likeness (QED) is 0.333. The van der Waals surface area contributed by atoms with E-state index in [0.29, 0.717) is 0 Å². The molecule has 0 aliphatic carbocycles. The van der Waals surface area contributed by atoms with E-state index < -0.39 is 7.60 Å². The zero-order valence-corrected chi connectivity index (χ0v) is 6.04. The molecule has 0 fully saturated rings. The van der Waals surface area contributed by atoms with Crippen molar-refractivity contribution in [2.45, 2.75) is 6.82 Å². The van der Waals surface area contributed by atoms with Crippen LogP contribution in [0.5, 0.6) is 0 Å². The van der Waals surface area contributed by atoms with Gasteiger partial charge in [0.25, 0.3) is 7.48 Å². The third-order valence-electron chi connectivity index (χ3n) is 0.667. The minimum Gasteiger partial charge on any atom is -0.440 e. The third kappa shape index (κ3) is 8.17. The van der Waals surface area contributed by atoms with E-state index in [1.807, 2.05) is 0 Å². The molecule has 0 aliphatic rings. The van der Waals surface area contributed by atoms with Crippen molar-refractivity contribution < 1.29 is 19.0 Å². The van der Waals surface area contributed by atoms with E-state index in [0.717, 1.165) is 0 Å². The normalized spacial score (nSPS) is 11.4. The Morgan fingerprint density at radius 3 is 2.56 bits per heavy atom. The van der Waals surface area contributed by atoms with Crippen LogP contribution in [0.4, 0.5) is 0 Å². The van der Waals surface area contributed by atoms with Crippen LogP contribution in [0.15, 0.2) is 0 Å². The Bertz CT molecular complexity index is 110. The molecule has 2 N–H and O–H groups in total. The van der Waals surface area contributed by atoms with E-state index >= 15 is 0 Å². The maximum absolute atomic E-state index is 10.1. The van der Waals surface area contributed by atoms with E-state index in [1.54, 1.807) is 6.82 Å². The minimum absolute atomic E-state index is 0.0841. The summed E-state index contributed by atoms with van der Waals surface area (Å²) in [5.41, 5.74) is 0. The van der Waals surface area contributed by atoms with Gasteiger partial charge in [-0.3, -0.25) is 4.57 Å². The molecule has 0 aromatic rings. The van der Waals surface area contributed by atoms with E-state index in [-0.39, 0.29) is 12.8 Å². The molecular weight excluding hydrogens is 142 g/mol. The summed E-state index contributed by atoms with van der Waals surface area (Å²) >= 11 is 0. The molecule has 4 nitrogen and oxygen atoms in total. The van der Waals surface area contributed by atoms with Crippen molar-refractivity contribution in [2.75, 3.05) is 12.8 Å². The molecule has 0 unspecified atom stereocenters. The Hall–Kier alpha value is 0.175. The Balaban J connectivity index is 3.18. The smallest absolute Gasteiger partial charge is 0.327 e. The molecule has 9 heavy (non-hydrogen) atoms. The van der Waals surface area contributed by atoms with Gasteiger partial charge in [0.15, 0.2) is 0 Å². The average Bonchev–Trinajstić information content (AvgIpc) is 1.63. The van der Waals surface area contributed by atoms with Crippen LogP contribution in [0.3, 0.4) is 0 Å². The summed E-state index contributed by atoms with van der Waals surface area (Å²) in [6.07, 6.45) is -0.211. The number of rotatable bonds is 4. The van der Waals surface area contributed by atoms with Crippen molar-refractivity contribution in [1.82, 2.24) is 0 Å². The second kappa shape index (κ2) is 4.06. The second-order valence-electron chi connectivity index (χ2n) is 1.49. The molecule has 53 valence electrons. The summed E-state index contributed by atoms with van der Waals surface area (Å²) in [5.74, 6) is 0. The van der Waals surface area contributed by atoms with Crippen LogP contribution in [0, 0.1) is 0 Å². The summed E-state index contributed by atoms with van der Waals surface area (Å²) in [6, 6.07) is 0. The Kier molecular flexibility index (Phi) is 4.14. The molecule has 0 heterocycles. The van der Waals surface area contributed by atoms with Gasteiger partial charge in [0.1, 0.15) is 0 Å². The summed E-state index contributed by atoms with van der Waals surface area (Å²) in [5, 5.41) is 0. The van der Waals surface area contributed by atoms with Crippen LogP contribution >= 0.6 is 7.60 Å². The molecule has 0 spiro atoms. The molecule has 1 radical (unpaired) electrons. The average molecular weight is 151 g/mol. The predicted octanol–water partition coefficient (Wildman–Crippen LogP) is -0.152. The van der Waals surface area contributed by atoms with Gasteiger partial charge < -0.3 is 14.4 Å². The van der Waals surface area contributed by atoms with Crippen LogP contribution < -0.4 is 0 Å². The van der Waals surface area contributed by atoms with Gasteiger partial charge in [-0.05, 0) is 0 Å². The Morgan fingerprint density at radius 2 is 2.22 bits per heavy atom. The highest BCUT2D eigenvalue weighted by atomic mass is 31.2. The van der Waals surface area contributed by atoms with E-state index in [1.165, 1.54) is 7.48 Å². The molecule has 0 aromatic carbocycles. The van der Waals surface area contributed by atoms with E-state index in [4.69, 9.17) is 9.79 Å². The predicted molar refractivity (Wildman–Crippen MR) is 34.5 cm³/mol. The summed E-state index contributed by atoms with van der Waals surface area (Å²) < 4.78 is 14.7. The summed E-state index contributed by atoms with van der Waals surface area (Å²) in [7, 11) is -2.44. The first-order valence-electron chi connectivity index (χ1n) is 2.50. The molecule has 0 amide bonds. The van der Waals surface area contributed by atoms with Crippen molar-refractivity contribution in [3.05, 3.63) is 0 Å². The lowest BCUT2D eigenvalue weighted by atomic mass is 10.1. The molecule has 0 aromatic heterocycles. The number of hydrogen-bond acceptors (Lipinski definition) is 2. The van der Waals surface area contributed by atoms with Gasteiger partial charge in [0.2, 0.25) is 0 Å². The third-order valence-corrected chi connectivity index (χ3v) is 1.43. The van der Waals surface area contributed by atoms with Gasteiger partial charge in [0, 0.05) is 6.61 Å². The molecule has 0 saturated heterocycles. The fraction of sp³-hybridized carbons (Fsp3) is 1.00. The summed E-state index contributed by atoms with van der Waals surface area (Å²) in [4.78, 5) is 16.5. The lowest BCUT2D eigenvalue weighted by Gasteiger charge is -2.01. The highest BCUT2D eigenvalue weighted by molar-refractivity contribution is 7.51. The van der Waals surface area contributed by atoms with Crippen molar-refractivity contribution in [2.24, 2.45) is 0 Å². The molecule has 0 bridgehead atoms. The van der Waals surface area contributed by atoms with Gasteiger partial charge in [-0.25, -0.2) is 0 Å². The van der Waals surface area contributed by atoms with Crippen molar-refractivity contribution in [1.29, 1.82) is 0 Å². The molecule has 0 aliphatic heterocycles. The van der Waals surface area contributed by atoms with Crippen molar-refractivity contribution in [3.63, 3.8) is 0 Å². The van der Waals surface area contributed by atoms with Crippen LogP contribution in [0.1, 0.15) is 0 Å². The van der Waals surface area contributed by atoms with Gasteiger partial charge in [-0.2, -0.15) is 0 Å². The molecular formula is C3H9BO4P. The van der Waals surface area contributed by atoms with Gasteiger partial charge in [-0.1, -0.05) is 6.82 Å². The summed E-state index contributed by atoms with van der Waals surface area (Å²) in [6.45, 7) is 1.74. The van der Waals surface area contributed by atoms with E-state index in [2.05, 4.69) is 4.65 Å². The minimum atomic E-state index is -3.84. The van der Waals surface area contributed by atoms with Crippen LogP contribution in [0.2, 0.25) is 6.82 Å². The van der Waals surface area contributed by atoms with Crippen LogP contribution in [-0.2, 0) is 9.22 Å². The fourth-order valence-electron chi connectivity index (χ4n) is 0.289. The Morgan fingerprint density at radius 1 is 1.67 bits per heavy atom. The van der Waals surface area contributed by atoms with Gasteiger partial charge >= 0.3 is 7.60 Å². The molecule has 0 saturated carbocycles. The lowest BCUT2D eigenvalue weighted by Crippen LogP contribution is -2.01. The zero-order valence-electron chi connectivity index (χ0n) is 5.15. The maximum atomic E-state index is 10.1. The van der Waals surface area contributed by atoms with Crippen LogP contribution in [0.25, 0.3) is 0 Å². The highest BCUT2D eigenvalue weighted by Gasteiger charge is 2.10. The fourth-order valence-corrected chi connectivity index (χ4v) is 0.633. The van der Waals surface area contributed by atoms with Gasteiger partial charge in [-0.15, -0.1) is 0 Å². The first kappa shape index (κ1) is 9.17. The molecule has 6 heteroatoms. The topological polar surface area (TPSA) is 66.8 Å². The highest BCUT2D eigenvalue weighted by Crippen LogP contribution is 2.33. The first-order valence-corrected chi connectivity index (χ1v) is 4.30. The second-order valence-corrected chi connectivity index (χ2v) is 3.27. The monoisotopic (exact) mass is 151 g/mol. The largest absolute Gasteiger partial charge is 0.440 e. The zero-order chi connectivity index (χ0) is 7.33. The number of hydrogen-bond donors (Lipinski definition) is 2. The SMILES string of the molecule is C[B]OCCP(=O)(O)O. The van der Waals surface area contributed by atoms with Crippen molar-refractivity contribution in [3.8, 4) is 0 Å². The van der Waals surface area contributed by atoms with Gasteiger partial charge in [0.05, 0.1) is 6.16 Å². The van der Waals surface area contributed by atoms with Crippen LogP contribution in [-0.4, -0.2) is 30.0 Å². The Labute approximate surface area is 54.7 Å². The van der Waals surface area contributed by atoms with E-state index in [9.17, 15) is 4.57 Å². The lowest BCUT2D eigenvalue weighted by molar-refractivity contribution is 0.329. The molecule has 0 atom stereocenters. The first-order chi connectivity index (χ1) is 4.06. The standard InChI is InChI=1S/C3H9BO4P/c1-4-8-2-3-9(5,6)7/h2-3H2,1H3,(H2,5,6,7). The molecule has 0 rings (SSSR count). The maximum Gasteiger partial charge on any atom is 0.327 e. The van der Waals surface area contributed by atoms with Crippen molar-refractivity contribution >= 4 is 15.1 Å².